The Kier molecular flexibility index (Phi) is 5.20. The number of pyridine rings is 1. The van der Waals surface area contributed by atoms with Gasteiger partial charge in [0, 0.05) is 58.0 Å². The maximum absolute atomic E-state index is 13.0. The van der Waals surface area contributed by atoms with Gasteiger partial charge in [-0.1, -0.05) is 5.16 Å². The highest BCUT2D eigenvalue weighted by Gasteiger charge is 2.30. The monoisotopic (exact) mass is 491 g/mol. The van der Waals surface area contributed by atoms with Crippen LogP contribution in [0.2, 0.25) is 0 Å². The van der Waals surface area contributed by atoms with Crippen molar-refractivity contribution >= 4 is 22.9 Å². The van der Waals surface area contributed by atoms with Gasteiger partial charge in [-0.05, 0) is 25.0 Å². The van der Waals surface area contributed by atoms with Gasteiger partial charge in [-0.3, -0.25) is 18.7 Å². The van der Waals surface area contributed by atoms with Crippen LogP contribution in [0, 0.1) is 0 Å². The van der Waals surface area contributed by atoms with Gasteiger partial charge in [-0.25, -0.2) is 14.8 Å². The van der Waals surface area contributed by atoms with Crippen LogP contribution in [0.3, 0.4) is 0 Å². The number of hydrogen-bond donors (Lipinski definition) is 0. The highest BCUT2D eigenvalue weighted by atomic mass is 16.5. The Labute approximate surface area is 204 Å². The van der Waals surface area contributed by atoms with Gasteiger partial charge in [-0.15, -0.1) is 0 Å². The summed E-state index contributed by atoms with van der Waals surface area (Å²) in [6.07, 6.45) is 5.38. The number of carbonyl (C=O) groups excluding carboxylic acids is 1. The predicted octanol–water partition coefficient (Wildman–Crippen LogP) is 0.105. The molecule has 0 spiro atoms. The molecule has 2 fully saturated rings. The SMILES string of the molecule is Cn1c(=O)c2c(ncn2CC(=O)N2CCN(c3ccc(-c4noc(C5CC5)n4)cn3)CC2)n(C)c1=O. The van der Waals surface area contributed by atoms with Crippen LogP contribution >= 0.6 is 0 Å². The second-order valence-corrected chi connectivity index (χ2v) is 9.25. The number of fused-ring (bicyclic) bond motifs is 1. The maximum Gasteiger partial charge on any atom is 0.332 e. The van der Waals surface area contributed by atoms with Gasteiger partial charge in [0.15, 0.2) is 11.2 Å². The molecule has 1 saturated heterocycles. The zero-order chi connectivity index (χ0) is 25.0. The first kappa shape index (κ1) is 22.2. The van der Waals surface area contributed by atoms with E-state index in [-0.39, 0.29) is 23.6 Å². The molecule has 4 aromatic rings. The molecule has 1 aliphatic carbocycles. The van der Waals surface area contributed by atoms with Crippen LogP contribution in [0.25, 0.3) is 22.6 Å². The molecule has 0 radical (unpaired) electrons. The van der Waals surface area contributed by atoms with E-state index in [9.17, 15) is 14.4 Å². The van der Waals surface area contributed by atoms with Crippen molar-refractivity contribution < 1.29 is 9.32 Å². The fraction of sp³-hybridized carbons (Fsp3) is 0.435. The molecule has 0 N–H and O–H groups in total. The number of imidazole rings is 1. The minimum atomic E-state index is -0.470. The number of carbonyl (C=O) groups is 1. The molecule has 1 amide bonds. The summed E-state index contributed by atoms with van der Waals surface area (Å²) in [4.78, 5) is 54.9. The van der Waals surface area contributed by atoms with Crippen LogP contribution in [0.4, 0.5) is 5.82 Å². The summed E-state index contributed by atoms with van der Waals surface area (Å²) in [5.74, 6) is 2.36. The molecule has 0 aromatic carbocycles. The fourth-order valence-electron chi connectivity index (χ4n) is 4.50. The van der Waals surface area contributed by atoms with E-state index in [1.54, 1.807) is 18.1 Å². The summed E-state index contributed by atoms with van der Waals surface area (Å²) in [6.45, 7) is 2.30. The number of aryl methyl sites for hydroxylation is 1. The molecule has 13 nitrogen and oxygen atoms in total. The largest absolute Gasteiger partial charge is 0.353 e. The Morgan fingerprint density at radius 3 is 2.53 bits per heavy atom. The smallest absolute Gasteiger partial charge is 0.332 e. The van der Waals surface area contributed by atoms with Crippen LogP contribution < -0.4 is 16.1 Å². The van der Waals surface area contributed by atoms with E-state index in [1.807, 2.05) is 12.1 Å². The zero-order valence-corrected chi connectivity index (χ0v) is 20.0. The van der Waals surface area contributed by atoms with Crippen molar-refractivity contribution in [3.8, 4) is 11.4 Å². The average Bonchev–Trinajstić information content (AvgIpc) is 3.48. The van der Waals surface area contributed by atoms with E-state index in [4.69, 9.17) is 4.52 Å². The first-order chi connectivity index (χ1) is 17.4. The molecule has 5 heterocycles. The standard InChI is InChI=1S/C23H25N9O4/c1-28-20-18(22(34)29(2)23(28)35)32(13-25-20)12-17(33)31-9-7-30(8-10-31)16-6-5-15(11-24-16)19-26-21(36-27-19)14-3-4-14/h5-6,11,13-14H,3-4,7-10,12H2,1-2H3. The van der Waals surface area contributed by atoms with Crippen molar-refractivity contribution in [2.75, 3.05) is 31.1 Å². The summed E-state index contributed by atoms with van der Waals surface area (Å²) in [6, 6.07) is 3.86. The quantitative estimate of drug-likeness (QED) is 0.381. The number of piperazine rings is 1. The summed E-state index contributed by atoms with van der Waals surface area (Å²) in [7, 11) is 2.97. The van der Waals surface area contributed by atoms with E-state index >= 15 is 0 Å². The van der Waals surface area contributed by atoms with Crippen LogP contribution in [-0.4, -0.2) is 70.8 Å². The maximum atomic E-state index is 13.0. The van der Waals surface area contributed by atoms with Crippen LogP contribution in [0.15, 0.2) is 38.8 Å². The van der Waals surface area contributed by atoms with Crippen LogP contribution in [-0.2, 0) is 25.4 Å². The van der Waals surface area contributed by atoms with Crippen molar-refractivity contribution in [2.45, 2.75) is 25.3 Å². The fourth-order valence-corrected chi connectivity index (χ4v) is 4.50. The molecule has 6 rings (SSSR count). The van der Waals surface area contributed by atoms with Gasteiger partial charge >= 0.3 is 5.69 Å². The van der Waals surface area contributed by atoms with Crippen LogP contribution in [0.1, 0.15) is 24.7 Å². The van der Waals surface area contributed by atoms with E-state index in [1.165, 1.54) is 22.5 Å². The highest BCUT2D eigenvalue weighted by molar-refractivity contribution is 5.79. The number of nitrogens with zero attached hydrogens (tertiary/aromatic N) is 9. The number of anilines is 1. The summed E-state index contributed by atoms with van der Waals surface area (Å²) < 4.78 is 9.17. The van der Waals surface area contributed by atoms with Crippen molar-refractivity contribution in [3.63, 3.8) is 0 Å². The van der Waals surface area contributed by atoms with Gasteiger partial charge in [0.2, 0.25) is 17.6 Å². The van der Waals surface area contributed by atoms with Gasteiger partial charge in [0.25, 0.3) is 5.56 Å². The minimum absolute atomic E-state index is 0.0234. The van der Waals surface area contributed by atoms with Gasteiger partial charge < -0.3 is 18.9 Å². The molecule has 186 valence electrons. The van der Waals surface area contributed by atoms with E-state index < -0.39 is 11.2 Å². The zero-order valence-electron chi connectivity index (χ0n) is 20.0. The number of rotatable bonds is 5. The molecule has 0 atom stereocenters. The minimum Gasteiger partial charge on any atom is -0.353 e. The highest BCUT2D eigenvalue weighted by Crippen LogP contribution is 2.39. The third kappa shape index (κ3) is 3.76. The third-order valence-electron chi connectivity index (χ3n) is 6.85. The second-order valence-electron chi connectivity index (χ2n) is 9.25. The summed E-state index contributed by atoms with van der Waals surface area (Å²) in [5.41, 5.74) is 0.380. The van der Waals surface area contributed by atoms with Crippen molar-refractivity contribution in [2.24, 2.45) is 14.1 Å². The topological polar surface area (TPSA) is 137 Å². The van der Waals surface area contributed by atoms with Gasteiger partial charge in [0.05, 0.1) is 6.33 Å². The Morgan fingerprint density at radius 2 is 1.83 bits per heavy atom. The number of hydrogen-bond acceptors (Lipinski definition) is 9. The molecular formula is C23H25N9O4. The van der Waals surface area contributed by atoms with E-state index in [0.717, 1.165) is 28.8 Å². The first-order valence-electron chi connectivity index (χ1n) is 11.8. The molecule has 2 aliphatic rings. The molecule has 13 heteroatoms. The molecule has 36 heavy (non-hydrogen) atoms. The summed E-state index contributed by atoms with van der Waals surface area (Å²) in [5, 5.41) is 4.06. The lowest BCUT2D eigenvalue weighted by atomic mass is 10.2. The van der Waals surface area contributed by atoms with Gasteiger partial charge in [0.1, 0.15) is 12.4 Å². The summed E-state index contributed by atoms with van der Waals surface area (Å²) >= 11 is 0. The number of amides is 1. The van der Waals surface area contributed by atoms with Gasteiger partial charge in [-0.2, -0.15) is 4.98 Å². The normalized spacial score (nSPS) is 16.2. The molecular weight excluding hydrogens is 466 g/mol. The Balaban J connectivity index is 1.10. The van der Waals surface area contributed by atoms with E-state index in [2.05, 4.69) is 25.0 Å². The molecule has 1 aliphatic heterocycles. The molecule has 4 aromatic heterocycles. The lowest BCUT2D eigenvalue weighted by Crippen LogP contribution is -2.50. The second kappa shape index (κ2) is 8.43. The molecule has 0 unspecified atom stereocenters. The Morgan fingerprint density at radius 1 is 1.06 bits per heavy atom. The van der Waals surface area contributed by atoms with Crippen molar-refractivity contribution in [1.82, 2.24) is 38.7 Å². The Hall–Kier alpha value is -4.29. The molecule has 1 saturated carbocycles. The van der Waals surface area contributed by atoms with Crippen molar-refractivity contribution in [1.29, 1.82) is 0 Å². The lowest BCUT2D eigenvalue weighted by Gasteiger charge is -2.35. The number of aromatic nitrogens is 7. The lowest BCUT2D eigenvalue weighted by molar-refractivity contribution is -0.132. The first-order valence-corrected chi connectivity index (χ1v) is 11.8. The predicted molar refractivity (Wildman–Crippen MR) is 129 cm³/mol. The average molecular weight is 492 g/mol. The Bertz CT molecular complexity index is 1570. The van der Waals surface area contributed by atoms with E-state index in [0.29, 0.717) is 43.8 Å². The van der Waals surface area contributed by atoms with Crippen molar-refractivity contribution in [3.05, 3.63) is 51.4 Å². The molecule has 0 bridgehead atoms. The third-order valence-corrected chi connectivity index (χ3v) is 6.85. The van der Waals surface area contributed by atoms with Crippen LogP contribution in [0.5, 0.6) is 0 Å².